The molecule has 7 heteroatoms. The first-order valence-corrected chi connectivity index (χ1v) is 9.39. The van der Waals surface area contributed by atoms with Crippen LogP contribution in [0.4, 0.5) is 10.5 Å². The molecule has 29 heavy (non-hydrogen) atoms. The number of nitriles is 1. The molecule has 1 aliphatic rings. The Balaban J connectivity index is 1.54. The number of hydrogen-bond acceptors (Lipinski definition) is 6. The van der Waals surface area contributed by atoms with Gasteiger partial charge in [0.25, 0.3) is 0 Å². The Hall–Kier alpha value is -3.53. The van der Waals surface area contributed by atoms with Crippen LogP contribution in [0.15, 0.2) is 54.6 Å². The molecule has 1 amide bonds. The van der Waals surface area contributed by atoms with Crippen molar-refractivity contribution in [2.45, 2.75) is 25.0 Å². The summed E-state index contributed by atoms with van der Waals surface area (Å²) < 4.78 is 10.1. The topological polar surface area (TPSA) is 91.7 Å². The predicted octanol–water partition coefficient (Wildman–Crippen LogP) is 3.58. The minimum atomic E-state index is -0.775. The highest BCUT2D eigenvalue weighted by Crippen LogP contribution is 2.27. The maximum atomic E-state index is 12.3. The van der Waals surface area contributed by atoms with E-state index >= 15 is 0 Å². The summed E-state index contributed by atoms with van der Waals surface area (Å²) in [6, 6.07) is 18.6. The zero-order valence-electron chi connectivity index (χ0n) is 16.3. The number of piperidine rings is 1. The van der Waals surface area contributed by atoms with E-state index in [4.69, 9.17) is 4.74 Å². The van der Waals surface area contributed by atoms with E-state index in [0.717, 1.165) is 11.3 Å². The number of anilines is 1. The summed E-state index contributed by atoms with van der Waals surface area (Å²) in [6.45, 7) is 1.08. The van der Waals surface area contributed by atoms with Gasteiger partial charge in [0, 0.05) is 31.6 Å². The van der Waals surface area contributed by atoms with Crippen LogP contribution in [0.25, 0.3) is 0 Å². The van der Waals surface area contributed by atoms with Crippen LogP contribution in [0.2, 0.25) is 0 Å². The second kappa shape index (κ2) is 9.11. The minimum Gasteiger partial charge on any atom is -0.465 e. The minimum absolute atomic E-state index is 0.227. The standard InChI is InChI=1S/C22H23N3O4/c1-28-20(26)18-7-9-19(10-8-18)24-22(16-23)11-13-25(14-12-22)21(27)29-15-17-5-3-2-4-6-17/h2-10,24H,11-15H2,1H3. The van der Waals surface area contributed by atoms with E-state index < -0.39 is 11.5 Å². The van der Waals surface area contributed by atoms with Crippen molar-refractivity contribution in [1.82, 2.24) is 4.90 Å². The van der Waals surface area contributed by atoms with Gasteiger partial charge in [-0.1, -0.05) is 30.3 Å². The van der Waals surface area contributed by atoms with Crippen LogP contribution in [0.1, 0.15) is 28.8 Å². The first-order valence-electron chi connectivity index (χ1n) is 9.39. The van der Waals surface area contributed by atoms with Gasteiger partial charge in [-0.3, -0.25) is 0 Å². The average Bonchev–Trinajstić information content (AvgIpc) is 2.78. The Morgan fingerprint density at radius 1 is 1.10 bits per heavy atom. The van der Waals surface area contributed by atoms with Crippen molar-refractivity contribution in [3.63, 3.8) is 0 Å². The van der Waals surface area contributed by atoms with Gasteiger partial charge < -0.3 is 19.7 Å². The molecule has 0 atom stereocenters. The Morgan fingerprint density at radius 2 is 1.76 bits per heavy atom. The van der Waals surface area contributed by atoms with Crippen LogP contribution in [-0.2, 0) is 16.1 Å². The summed E-state index contributed by atoms with van der Waals surface area (Å²) in [4.78, 5) is 25.5. The highest BCUT2D eigenvalue weighted by atomic mass is 16.6. The zero-order chi connectivity index (χ0) is 20.7. The molecule has 2 aromatic rings. The number of nitrogens with zero attached hydrogens (tertiary/aromatic N) is 2. The fourth-order valence-electron chi connectivity index (χ4n) is 3.23. The second-order valence-corrected chi connectivity index (χ2v) is 6.92. The molecule has 1 heterocycles. The smallest absolute Gasteiger partial charge is 0.410 e. The first-order chi connectivity index (χ1) is 14.0. The zero-order valence-corrected chi connectivity index (χ0v) is 16.3. The SMILES string of the molecule is COC(=O)c1ccc(NC2(C#N)CCN(C(=O)OCc3ccccc3)CC2)cc1. The molecule has 0 unspecified atom stereocenters. The molecule has 0 bridgehead atoms. The van der Waals surface area contributed by atoms with Crippen LogP contribution >= 0.6 is 0 Å². The van der Waals surface area contributed by atoms with Gasteiger partial charge in [-0.2, -0.15) is 5.26 Å². The van der Waals surface area contributed by atoms with Crippen molar-refractivity contribution in [3.05, 3.63) is 65.7 Å². The van der Waals surface area contributed by atoms with Crippen LogP contribution in [-0.4, -0.2) is 42.7 Å². The van der Waals surface area contributed by atoms with E-state index in [0.29, 0.717) is 31.5 Å². The number of amides is 1. The molecule has 0 aromatic heterocycles. The Morgan fingerprint density at radius 3 is 2.34 bits per heavy atom. The van der Waals surface area contributed by atoms with E-state index in [1.165, 1.54) is 7.11 Å². The first kappa shape index (κ1) is 20.2. The number of benzene rings is 2. The lowest BCUT2D eigenvalue weighted by molar-refractivity contribution is 0.0600. The van der Waals surface area contributed by atoms with E-state index in [1.807, 2.05) is 30.3 Å². The molecule has 0 aliphatic carbocycles. The molecule has 0 saturated carbocycles. The Labute approximate surface area is 169 Å². The number of ether oxygens (including phenoxy) is 2. The normalized spacial score (nSPS) is 15.1. The number of likely N-dealkylation sites (tertiary alicyclic amines) is 1. The van der Waals surface area contributed by atoms with Gasteiger partial charge in [0.05, 0.1) is 18.7 Å². The van der Waals surface area contributed by atoms with Gasteiger partial charge in [-0.05, 0) is 29.8 Å². The van der Waals surface area contributed by atoms with Gasteiger partial charge in [-0.15, -0.1) is 0 Å². The number of hydrogen-bond donors (Lipinski definition) is 1. The molecular formula is C22H23N3O4. The quantitative estimate of drug-likeness (QED) is 0.781. The van der Waals surface area contributed by atoms with Crippen LogP contribution in [0, 0.1) is 11.3 Å². The fourth-order valence-corrected chi connectivity index (χ4v) is 3.23. The molecule has 3 rings (SSSR count). The molecule has 150 valence electrons. The van der Waals surface area contributed by atoms with Crippen molar-refractivity contribution in [2.24, 2.45) is 0 Å². The Kier molecular flexibility index (Phi) is 6.35. The molecule has 0 radical (unpaired) electrons. The van der Waals surface area contributed by atoms with Gasteiger partial charge in [-0.25, -0.2) is 9.59 Å². The molecule has 1 aliphatic heterocycles. The van der Waals surface area contributed by atoms with Crippen molar-refractivity contribution in [3.8, 4) is 6.07 Å². The van der Waals surface area contributed by atoms with Crippen molar-refractivity contribution >= 4 is 17.7 Å². The molecule has 0 spiro atoms. The summed E-state index contributed by atoms with van der Waals surface area (Å²) in [7, 11) is 1.33. The fraction of sp³-hybridized carbons (Fsp3) is 0.318. The second-order valence-electron chi connectivity index (χ2n) is 6.92. The van der Waals surface area contributed by atoms with Crippen LogP contribution in [0.3, 0.4) is 0 Å². The maximum absolute atomic E-state index is 12.3. The lowest BCUT2D eigenvalue weighted by Gasteiger charge is -2.37. The molecule has 1 N–H and O–H groups in total. The summed E-state index contributed by atoms with van der Waals surface area (Å²) in [6.07, 6.45) is 0.577. The highest BCUT2D eigenvalue weighted by Gasteiger charge is 2.36. The molecule has 2 aromatic carbocycles. The van der Waals surface area contributed by atoms with E-state index in [1.54, 1.807) is 29.2 Å². The third-order valence-corrected chi connectivity index (χ3v) is 4.98. The van der Waals surface area contributed by atoms with Crippen LogP contribution in [0.5, 0.6) is 0 Å². The monoisotopic (exact) mass is 393 g/mol. The molecule has 1 saturated heterocycles. The third kappa shape index (κ3) is 5.05. The summed E-state index contributed by atoms with van der Waals surface area (Å²) in [5, 5.41) is 13.0. The lowest BCUT2D eigenvalue weighted by Crippen LogP contribution is -2.50. The molecule has 7 nitrogen and oxygen atoms in total. The van der Waals surface area contributed by atoms with Gasteiger partial charge in [0.15, 0.2) is 0 Å². The summed E-state index contributed by atoms with van der Waals surface area (Å²) in [5.41, 5.74) is 1.34. The van der Waals surface area contributed by atoms with Crippen molar-refractivity contribution in [2.75, 3.05) is 25.5 Å². The number of methoxy groups -OCH3 is 1. The average molecular weight is 393 g/mol. The maximum Gasteiger partial charge on any atom is 0.410 e. The summed E-state index contributed by atoms with van der Waals surface area (Å²) in [5.74, 6) is -0.408. The van der Waals surface area contributed by atoms with Crippen LogP contribution < -0.4 is 5.32 Å². The number of rotatable bonds is 5. The lowest BCUT2D eigenvalue weighted by atomic mass is 9.88. The van der Waals surface area contributed by atoms with E-state index in [2.05, 4.69) is 16.1 Å². The number of esters is 1. The van der Waals surface area contributed by atoms with E-state index in [-0.39, 0.29) is 12.7 Å². The molecular weight excluding hydrogens is 370 g/mol. The van der Waals surface area contributed by atoms with Crippen molar-refractivity contribution in [1.29, 1.82) is 5.26 Å². The summed E-state index contributed by atoms with van der Waals surface area (Å²) >= 11 is 0. The molecule has 1 fully saturated rings. The predicted molar refractivity (Wildman–Crippen MR) is 107 cm³/mol. The Bertz CT molecular complexity index is 883. The van der Waals surface area contributed by atoms with Crippen molar-refractivity contribution < 1.29 is 19.1 Å². The number of carbonyl (C=O) groups excluding carboxylic acids is 2. The van der Waals surface area contributed by atoms with Gasteiger partial charge >= 0.3 is 12.1 Å². The largest absolute Gasteiger partial charge is 0.465 e. The number of nitrogens with one attached hydrogen (secondary N) is 1. The highest BCUT2D eigenvalue weighted by molar-refractivity contribution is 5.89. The van der Waals surface area contributed by atoms with Gasteiger partial charge in [0.2, 0.25) is 0 Å². The number of carbonyl (C=O) groups is 2. The van der Waals surface area contributed by atoms with Gasteiger partial charge in [0.1, 0.15) is 12.1 Å². The third-order valence-electron chi connectivity index (χ3n) is 4.98. The van der Waals surface area contributed by atoms with E-state index in [9.17, 15) is 14.9 Å².